The fourth-order valence-corrected chi connectivity index (χ4v) is 3.90. The fraction of sp³-hybridized carbons (Fsp3) is 0.696. The Morgan fingerprint density at radius 1 is 1.15 bits per heavy atom. The fourth-order valence-electron chi connectivity index (χ4n) is 3.90. The quantitative estimate of drug-likeness (QED) is 0.755. The van der Waals surface area contributed by atoms with E-state index >= 15 is 0 Å². The highest BCUT2D eigenvalue weighted by molar-refractivity contribution is 5.77. The molecule has 27 heavy (non-hydrogen) atoms. The molecule has 0 aliphatic carbocycles. The van der Waals surface area contributed by atoms with E-state index in [-0.39, 0.29) is 5.54 Å². The smallest absolute Gasteiger partial charge is 0.0923 e. The summed E-state index contributed by atoms with van der Waals surface area (Å²) in [5, 5.41) is 9.30. The Morgan fingerprint density at radius 3 is 2.44 bits per heavy atom. The van der Waals surface area contributed by atoms with Gasteiger partial charge in [0.25, 0.3) is 0 Å². The average molecular weight is 373 g/mol. The lowest BCUT2D eigenvalue weighted by atomic mass is 9.87. The summed E-state index contributed by atoms with van der Waals surface area (Å²) in [6.45, 7) is 14.6. The van der Waals surface area contributed by atoms with Crippen molar-refractivity contribution in [3.63, 3.8) is 0 Å². The molecule has 0 radical (unpaired) electrons. The minimum absolute atomic E-state index is 0.265. The highest BCUT2D eigenvalue weighted by atomic mass is 15.3. The van der Waals surface area contributed by atoms with Gasteiger partial charge >= 0.3 is 0 Å². The molecule has 1 aromatic heterocycles. The Bertz CT molecular complexity index is 637. The van der Waals surface area contributed by atoms with Crippen LogP contribution in [-0.2, 0) is 0 Å². The Hall–Kier alpha value is -1.39. The number of fused-ring (bicyclic) bond motifs is 1. The highest BCUT2D eigenvalue weighted by Gasteiger charge is 2.33. The van der Waals surface area contributed by atoms with Crippen molar-refractivity contribution in [2.24, 2.45) is 5.92 Å². The maximum absolute atomic E-state index is 4.73. The average Bonchev–Trinajstić information content (AvgIpc) is 3.11. The summed E-state index contributed by atoms with van der Waals surface area (Å²) in [5.41, 5.74) is 1.37. The van der Waals surface area contributed by atoms with Crippen LogP contribution in [-0.4, -0.2) is 46.9 Å². The number of hydrogen-bond donors (Lipinski definition) is 1. The van der Waals surface area contributed by atoms with Crippen LogP contribution >= 0.6 is 0 Å². The second-order valence-electron chi connectivity index (χ2n) is 8.50. The molecule has 2 unspecified atom stereocenters. The molecular weight excluding hydrogens is 332 g/mol. The molecular formula is C23H40N4. The first-order chi connectivity index (χ1) is 13.0. The number of piperidine rings is 2. The van der Waals surface area contributed by atoms with Crippen molar-refractivity contribution in [2.75, 3.05) is 26.7 Å². The third-order valence-electron chi connectivity index (χ3n) is 5.91. The number of rotatable bonds is 1. The van der Waals surface area contributed by atoms with E-state index in [0.717, 1.165) is 24.4 Å². The Kier molecular flexibility index (Phi) is 8.30. The van der Waals surface area contributed by atoms with E-state index in [9.17, 15) is 0 Å². The molecule has 0 bridgehead atoms. The van der Waals surface area contributed by atoms with Gasteiger partial charge in [-0.05, 0) is 71.7 Å². The molecule has 0 saturated carbocycles. The minimum atomic E-state index is 0.265. The van der Waals surface area contributed by atoms with E-state index < -0.39 is 0 Å². The van der Waals surface area contributed by atoms with Crippen molar-refractivity contribution >= 4 is 10.9 Å². The normalized spacial score (nSPS) is 25.1. The van der Waals surface area contributed by atoms with E-state index in [1.165, 1.54) is 37.7 Å². The predicted molar refractivity (Wildman–Crippen MR) is 117 cm³/mol. The van der Waals surface area contributed by atoms with Gasteiger partial charge in [-0.2, -0.15) is 5.10 Å². The SMILES string of the molecule is CC.CC1CCCNC1.CN1CCC(n2cc3ccccc3n2)CC1(C)C. The molecule has 2 fully saturated rings. The predicted octanol–water partition coefficient (Wildman–Crippen LogP) is 5.11. The maximum Gasteiger partial charge on any atom is 0.0923 e. The van der Waals surface area contributed by atoms with Crippen LogP contribution in [0.25, 0.3) is 10.9 Å². The third kappa shape index (κ3) is 6.05. The van der Waals surface area contributed by atoms with Gasteiger partial charge in [-0.25, -0.2) is 0 Å². The van der Waals surface area contributed by atoms with E-state index in [1.54, 1.807) is 0 Å². The summed E-state index contributed by atoms with van der Waals surface area (Å²) >= 11 is 0. The van der Waals surface area contributed by atoms with Crippen LogP contribution in [0.4, 0.5) is 0 Å². The summed E-state index contributed by atoms with van der Waals surface area (Å²) in [6.07, 6.45) is 7.35. The molecule has 2 aliphatic heterocycles. The van der Waals surface area contributed by atoms with Gasteiger partial charge in [0.05, 0.1) is 11.6 Å². The molecule has 1 N–H and O–H groups in total. The number of likely N-dealkylation sites (tertiary alicyclic amines) is 1. The monoisotopic (exact) mass is 372 g/mol. The first-order valence-corrected chi connectivity index (χ1v) is 10.8. The van der Waals surface area contributed by atoms with E-state index in [1.807, 2.05) is 13.8 Å². The van der Waals surface area contributed by atoms with Crippen LogP contribution in [0.3, 0.4) is 0 Å². The Labute approximate surface area is 166 Å². The van der Waals surface area contributed by atoms with Crippen LogP contribution in [0.15, 0.2) is 30.5 Å². The zero-order valence-corrected chi connectivity index (χ0v) is 18.3. The molecule has 2 aliphatic rings. The topological polar surface area (TPSA) is 33.1 Å². The van der Waals surface area contributed by atoms with Crippen LogP contribution in [0, 0.1) is 5.92 Å². The maximum atomic E-state index is 4.73. The van der Waals surface area contributed by atoms with E-state index in [0.29, 0.717) is 6.04 Å². The van der Waals surface area contributed by atoms with Crippen molar-refractivity contribution in [3.05, 3.63) is 30.5 Å². The van der Waals surface area contributed by atoms with Gasteiger partial charge < -0.3 is 10.2 Å². The lowest BCUT2D eigenvalue weighted by Gasteiger charge is -2.43. The van der Waals surface area contributed by atoms with Gasteiger partial charge in [-0.15, -0.1) is 0 Å². The van der Waals surface area contributed by atoms with Crippen molar-refractivity contribution in [1.82, 2.24) is 20.0 Å². The largest absolute Gasteiger partial charge is 0.316 e. The first-order valence-electron chi connectivity index (χ1n) is 10.8. The van der Waals surface area contributed by atoms with Gasteiger partial charge in [-0.3, -0.25) is 4.68 Å². The highest BCUT2D eigenvalue weighted by Crippen LogP contribution is 2.33. The van der Waals surface area contributed by atoms with E-state index in [4.69, 9.17) is 5.10 Å². The third-order valence-corrected chi connectivity index (χ3v) is 5.91. The van der Waals surface area contributed by atoms with Crippen LogP contribution in [0.1, 0.15) is 66.3 Å². The van der Waals surface area contributed by atoms with Crippen LogP contribution < -0.4 is 5.32 Å². The molecule has 0 spiro atoms. The Morgan fingerprint density at radius 2 is 1.89 bits per heavy atom. The summed E-state index contributed by atoms with van der Waals surface area (Å²) in [4.78, 5) is 2.45. The molecule has 4 heteroatoms. The lowest BCUT2D eigenvalue weighted by Crippen LogP contribution is -2.47. The van der Waals surface area contributed by atoms with Crippen molar-refractivity contribution in [3.8, 4) is 0 Å². The Balaban J connectivity index is 0.000000244. The summed E-state index contributed by atoms with van der Waals surface area (Å²) in [5.74, 6) is 0.925. The molecule has 2 aromatic rings. The van der Waals surface area contributed by atoms with Crippen LogP contribution in [0.5, 0.6) is 0 Å². The lowest BCUT2D eigenvalue weighted by molar-refractivity contribution is 0.0721. The van der Waals surface area contributed by atoms with Gasteiger partial charge in [0.15, 0.2) is 0 Å². The van der Waals surface area contributed by atoms with Crippen molar-refractivity contribution in [2.45, 2.75) is 71.9 Å². The number of hydrogen-bond acceptors (Lipinski definition) is 3. The summed E-state index contributed by atoms with van der Waals surface area (Å²) < 4.78 is 2.18. The summed E-state index contributed by atoms with van der Waals surface area (Å²) in [6, 6.07) is 8.89. The van der Waals surface area contributed by atoms with Crippen LogP contribution in [0.2, 0.25) is 0 Å². The first kappa shape index (κ1) is 21.9. The van der Waals surface area contributed by atoms with E-state index in [2.05, 4.69) is 73.2 Å². The number of nitrogens with one attached hydrogen (secondary N) is 1. The molecule has 3 heterocycles. The van der Waals surface area contributed by atoms with Crippen molar-refractivity contribution < 1.29 is 0 Å². The zero-order valence-electron chi connectivity index (χ0n) is 18.3. The minimum Gasteiger partial charge on any atom is -0.316 e. The molecule has 2 saturated heterocycles. The number of nitrogens with zero attached hydrogens (tertiary/aromatic N) is 3. The molecule has 2 atom stereocenters. The van der Waals surface area contributed by atoms with Gasteiger partial charge in [0.1, 0.15) is 0 Å². The standard InChI is InChI=1S/C15H21N3.C6H13N.C2H6/c1-15(2)10-13(8-9-17(15)3)18-11-12-6-4-5-7-14(12)16-18;1-6-3-2-4-7-5-6;1-2/h4-7,11,13H,8-10H2,1-3H3;6-7H,2-5H2,1H3;1-2H3. The molecule has 0 amide bonds. The summed E-state index contributed by atoms with van der Waals surface area (Å²) in [7, 11) is 2.22. The number of aromatic nitrogens is 2. The molecule has 152 valence electrons. The van der Waals surface area contributed by atoms with Gasteiger partial charge in [0.2, 0.25) is 0 Å². The zero-order chi connectivity index (χ0) is 19.9. The van der Waals surface area contributed by atoms with Crippen molar-refractivity contribution in [1.29, 1.82) is 0 Å². The second-order valence-corrected chi connectivity index (χ2v) is 8.50. The van der Waals surface area contributed by atoms with Gasteiger partial charge in [0, 0.05) is 23.7 Å². The molecule has 1 aromatic carbocycles. The number of benzene rings is 1. The molecule has 4 nitrogen and oxygen atoms in total. The van der Waals surface area contributed by atoms with Gasteiger partial charge in [-0.1, -0.05) is 39.0 Å². The molecule has 4 rings (SSSR count). The second kappa shape index (κ2) is 10.2.